The zero-order chi connectivity index (χ0) is 57.6. The smallest absolute Gasteiger partial charge is 0.220 e. The summed E-state index contributed by atoms with van der Waals surface area (Å²) in [5.74, 6) is -0.0203. The molecule has 0 rings (SSSR count). The Hall–Kier alpha value is -1.13. The summed E-state index contributed by atoms with van der Waals surface area (Å²) in [4.78, 5) is 12.6. The van der Waals surface area contributed by atoms with E-state index in [0.29, 0.717) is 12.8 Å². The molecule has 0 fully saturated rings. The van der Waals surface area contributed by atoms with E-state index in [1.54, 1.807) is 0 Å². The van der Waals surface area contributed by atoms with Crippen LogP contribution in [-0.2, 0) is 4.79 Å². The van der Waals surface area contributed by atoms with E-state index in [2.05, 4.69) is 43.5 Å². The standard InChI is InChI=1S/C76H149NO3/c1-3-5-7-9-11-13-15-17-19-21-23-25-27-29-31-33-35-36-37-38-39-40-42-44-46-48-50-52-54-56-58-60-62-64-66-68-70-72-76(80)77-74(73-78)75(79)71-69-67-65-63-61-59-57-55-53-51-49-47-45-43-41-34-32-30-28-26-24-22-20-18-16-14-12-10-8-6-4-2/h15,17,21,23,74-75,78-79H,3-14,16,18-20,22,24-73H2,1-2H3,(H,77,80)/b17-15-,23-21-. The van der Waals surface area contributed by atoms with Crippen molar-refractivity contribution in [3.8, 4) is 0 Å². The highest BCUT2D eigenvalue weighted by Crippen LogP contribution is 2.20. The van der Waals surface area contributed by atoms with Gasteiger partial charge < -0.3 is 15.5 Å². The maximum atomic E-state index is 12.6. The lowest BCUT2D eigenvalue weighted by Gasteiger charge is -2.22. The summed E-state index contributed by atoms with van der Waals surface area (Å²) in [5.41, 5.74) is 0. The second kappa shape index (κ2) is 72.1. The predicted molar refractivity (Wildman–Crippen MR) is 359 cm³/mol. The van der Waals surface area contributed by atoms with Gasteiger partial charge in [-0.05, 0) is 44.9 Å². The molecule has 0 aromatic carbocycles. The van der Waals surface area contributed by atoms with Crippen molar-refractivity contribution < 1.29 is 15.0 Å². The summed E-state index contributed by atoms with van der Waals surface area (Å²) in [6.07, 6.45) is 98.4. The Morgan fingerprint density at radius 1 is 0.300 bits per heavy atom. The number of carbonyl (C=O) groups is 1. The zero-order valence-corrected chi connectivity index (χ0v) is 55.1. The van der Waals surface area contributed by atoms with Gasteiger partial charge in [0, 0.05) is 6.42 Å². The number of aliphatic hydroxyl groups is 2. The molecule has 4 nitrogen and oxygen atoms in total. The fourth-order valence-electron chi connectivity index (χ4n) is 12.3. The fraction of sp³-hybridized carbons (Fsp3) is 0.934. The SMILES string of the molecule is CCCCCCC/C=C\C/C=C\CCCCCCCCCCCCCCCCCCCCCCCCCCCC(=O)NC(CO)C(O)CCCCCCCCCCCCCCCCCCCCCCCCCCCCCCCCC. The number of hydrogen-bond acceptors (Lipinski definition) is 3. The van der Waals surface area contributed by atoms with Crippen molar-refractivity contribution in [2.24, 2.45) is 0 Å². The van der Waals surface area contributed by atoms with Gasteiger partial charge in [-0.1, -0.05) is 411 Å². The number of amides is 1. The summed E-state index contributed by atoms with van der Waals surface area (Å²) in [6, 6.07) is -0.535. The van der Waals surface area contributed by atoms with E-state index in [-0.39, 0.29) is 12.5 Å². The first-order valence-corrected chi connectivity index (χ1v) is 37.5. The van der Waals surface area contributed by atoms with Gasteiger partial charge in [0.25, 0.3) is 0 Å². The maximum absolute atomic E-state index is 12.6. The minimum atomic E-state index is -0.659. The highest BCUT2D eigenvalue weighted by atomic mass is 16.3. The molecule has 2 atom stereocenters. The Kier molecular flexibility index (Phi) is 71.1. The van der Waals surface area contributed by atoms with Gasteiger partial charge in [0.05, 0.1) is 18.8 Å². The number of rotatable bonds is 71. The van der Waals surface area contributed by atoms with E-state index < -0.39 is 12.1 Å². The van der Waals surface area contributed by atoms with Gasteiger partial charge in [-0.3, -0.25) is 4.79 Å². The zero-order valence-electron chi connectivity index (χ0n) is 55.1. The van der Waals surface area contributed by atoms with Gasteiger partial charge in [-0.2, -0.15) is 0 Å². The Bertz CT molecular complexity index is 1180. The van der Waals surface area contributed by atoms with Crippen LogP contribution in [0, 0.1) is 0 Å². The average Bonchev–Trinajstić information content (AvgIpc) is 3.46. The molecular formula is C76H149NO3. The van der Waals surface area contributed by atoms with Crippen LogP contribution < -0.4 is 5.32 Å². The van der Waals surface area contributed by atoms with Gasteiger partial charge in [-0.15, -0.1) is 0 Å². The second-order valence-corrected chi connectivity index (χ2v) is 26.1. The predicted octanol–water partition coefficient (Wildman–Crippen LogP) is 25.7. The van der Waals surface area contributed by atoms with Crippen molar-refractivity contribution in [2.45, 2.75) is 450 Å². The summed E-state index contributed by atoms with van der Waals surface area (Å²) in [6.45, 7) is 4.40. The van der Waals surface area contributed by atoms with Crippen molar-refractivity contribution in [1.29, 1.82) is 0 Å². The molecule has 3 N–H and O–H groups in total. The third-order valence-corrected chi connectivity index (χ3v) is 18.0. The highest BCUT2D eigenvalue weighted by molar-refractivity contribution is 5.76. The summed E-state index contributed by atoms with van der Waals surface area (Å²) in [5, 5.41) is 23.5. The molecule has 0 aromatic rings. The molecule has 80 heavy (non-hydrogen) atoms. The van der Waals surface area contributed by atoms with Crippen LogP contribution in [0.4, 0.5) is 0 Å². The lowest BCUT2D eigenvalue weighted by molar-refractivity contribution is -0.123. The first kappa shape index (κ1) is 78.9. The molecule has 0 aliphatic heterocycles. The monoisotopic (exact) mass is 1120 g/mol. The summed E-state index contributed by atoms with van der Waals surface area (Å²) in [7, 11) is 0. The molecule has 0 radical (unpaired) electrons. The van der Waals surface area contributed by atoms with Crippen molar-refractivity contribution in [3.63, 3.8) is 0 Å². The van der Waals surface area contributed by atoms with Gasteiger partial charge in [0.2, 0.25) is 5.91 Å². The average molecular weight is 1130 g/mol. The van der Waals surface area contributed by atoms with E-state index in [0.717, 1.165) is 32.1 Å². The number of aliphatic hydroxyl groups excluding tert-OH is 2. The Morgan fingerprint density at radius 3 is 0.750 bits per heavy atom. The molecule has 1 amide bonds. The van der Waals surface area contributed by atoms with E-state index in [9.17, 15) is 15.0 Å². The molecule has 0 aliphatic carbocycles. The van der Waals surface area contributed by atoms with Crippen molar-refractivity contribution >= 4 is 5.91 Å². The van der Waals surface area contributed by atoms with Crippen LogP contribution in [0.15, 0.2) is 24.3 Å². The Morgan fingerprint density at radius 2 is 0.512 bits per heavy atom. The van der Waals surface area contributed by atoms with E-state index in [1.807, 2.05) is 0 Å². The topological polar surface area (TPSA) is 69.6 Å². The largest absolute Gasteiger partial charge is 0.394 e. The number of carbonyl (C=O) groups excluding carboxylic acids is 1. The molecule has 0 saturated heterocycles. The van der Waals surface area contributed by atoms with Gasteiger partial charge in [0.1, 0.15) is 0 Å². The lowest BCUT2D eigenvalue weighted by Crippen LogP contribution is -2.45. The maximum Gasteiger partial charge on any atom is 0.220 e. The van der Waals surface area contributed by atoms with Gasteiger partial charge in [-0.25, -0.2) is 0 Å². The van der Waals surface area contributed by atoms with Gasteiger partial charge >= 0.3 is 0 Å². The molecular weight excluding hydrogens is 975 g/mol. The first-order valence-electron chi connectivity index (χ1n) is 37.5. The molecule has 0 saturated carbocycles. The third-order valence-electron chi connectivity index (χ3n) is 18.0. The first-order chi connectivity index (χ1) is 39.7. The molecule has 0 bridgehead atoms. The van der Waals surface area contributed by atoms with Crippen molar-refractivity contribution in [2.75, 3.05) is 6.61 Å². The number of unbranched alkanes of at least 4 members (excludes halogenated alkanes) is 60. The molecule has 0 spiro atoms. The second-order valence-electron chi connectivity index (χ2n) is 26.1. The fourth-order valence-corrected chi connectivity index (χ4v) is 12.3. The molecule has 2 unspecified atom stereocenters. The number of nitrogens with one attached hydrogen (secondary N) is 1. The van der Waals surface area contributed by atoms with E-state index in [4.69, 9.17) is 0 Å². The Balaban J connectivity index is 3.36. The third kappa shape index (κ3) is 67.7. The molecule has 0 aliphatic rings. The molecule has 0 heterocycles. The van der Waals surface area contributed by atoms with Gasteiger partial charge in [0.15, 0.2) is 0 Å². The number of allylic oxidation sites excluding steroid dienone is 4. The minimum absolute atomic E-state index is 0.0203. The Labute approximate surface area is 504 Å². The van der Waals surface area contributed by atoms with Crippen LogP contribution in [0.5, 0.6) is 0 Å². The van der Waals surface area contributed by atoms with Crippen LogP contribution >= 0.6 is 0 Å². The molecule has 476 valence electrons. The highest BCUT2D eigenvalue weighted by Gasteiger charge is 2.20. The molecule has 4 heteroatoms. The van der Waals surface area contributed by atoms with Crippen LogP contribution in [0.25, 0.3) is 0 Å². The molecule has 0 aromatic heterocycles. The van der Waals surface area contributed by atoms with E-state index >= 15 is 0 Å². The van der Waals surface area contributed by atoms with Crippen LogP contribution in [0.1, 0.15) is 438 Å². The van der Waals surface area contributed by atoms with Crippen LogP contribution in [0.2, 0.25) is 0 Å². The number of hydrogen-bond donors (Lipinski definition) is 3. The summed E-state index contributed by atoms with van der Waals surface area (Å²) >= 11 is 0. The van der Waals surface area contributed by atoms with Crippen molar-refractivity contribution in [1.82, 2.24) is 5.32 Å². The van der Waals surface area contributed by atoms with E-state index in [1.165, 1.54) is 379 Å². The minimum Gasteiger partial charge on any atom is -0.394 e. The van der Waals surface area contributed by atoms with Crippen molar-refractivity contribution in [3.05, 3.63) is 24.3 Å². The lowest BCUT2D eigenvalue weighted by atomic mass is 10.0. The van der Waals surface area contributed by atoms with Crippen LogP contribution in [0.3, 0.4) is 0 Å². The quantitative estimate of drug-likeness (QED) is 0.0420. The summed E-state index contributed by atoms with van der Waals surface area (Å²) < 4.78 is 0. The normalized spacial score (nSPS) is 12.7. The van der Waals surface area contributed by atoms with Crippen LogP contribution in [-0.4, -0.2) is 34.9 Å².